The Morgan fingerprint density at radius 3 is 2.35 bits per heavy atom. The summed E-state index contributed by atoms with van der Waals surface area (Å²) in [5.74, 6) is -1.53. The molecule has 7 heteroatoms. The zero-order chi connectivity index (χ0) is 18.7. The summed E-state index contributed by atoms with van der Waals surface area (Å²) in [6, 6.07) is 13.8. The Morgan fingerprint density at radius 2 is 1.69 bits per heavy atom. The Labute approximate surface area is 146 Å². The van der Waals surface area contributed by atoms with E-state index < -0.39 is 29.2 Å². The van der Waals surface area contributed by atoms with Crippen LogP contribution in [-0.4, -0.2) is 10.9 Å². The number of hydrogen-bond donors (Lipinski definition) is 1. The van der Waals surface area contributed by atoms with E-state index in [1.807, 2.05) is 0 Å². The smallest absolute Gasteiger partial charge is 0.322 e. The minimum atomic E-state index is -4.67. The van der Waals surface area contributed by atoms with Crippen LogP contribution in [-0.2, 0) is 6.18 Å². The van der Waals surface area contributed by atoms with Gasteiger partial charge in [0.1, 0.15) is 5.82 Å². The number of pyridine rings is 1. The van der Waals surface area contributed by atoms with Crippen molar-refractivity contribution >= 4 is 11.6 Å². The molecule has 0 aliphatic rings. The molecule has 0 aliphatic heterocycles. The minimum absolute atomic E-state index is 0.0143. The van der Waals surface area contributed by atoms with Crippen molar-refractivity contribution in [1.82, 2.24) is 4.98 Å². The average molecular weight is 360 g/mol. The highest BCUT2D eigenvalue weighted by molar-refractivity contribution is 6.04. The zero-order valence-electron chi connectivity index (χ0n) is 13.2. The Kier molecular flexibility index (Phi) is 4.71. The molecular weight excluding hydrogens is 348 g/mol. The molecule has 1 aromatic heterocycles. The third kappa shape index (κ3) is 3.72. The molecule has 0 bridgehead atoms. The molecule has 1 amide bonds. The van der Waals surface area contributed by atoms with Gasteiger partial charge in [0.05, 0.1) is 11.3 Å². The first-order valence-electron chi connectivity index (χ1n) is 7.55. The minimum Gasteiger partial charge on any atom is -0.322 e. The SMILES string of the molecule is O=C(Nc1ccccc1)c1ccc(-c2ncccc2C(F)(F)F)c(F)c1. The number of nitrogens with one attached hydrogen (secondary N) is 1. The van der Waals surface area contributed by atoms with Crippen LogP contribution in [0.1, 0.15) is 15.9 Å². The molecule has 1 heterocycles. The third-order valence-corrected chi connectivity index (χ3v) is 3.63. The molecule has 3 nitrogen and oxygen atoms in total. The maximum atomic E-state index is 14.4. The van der Waals surface area contributed by atoms with Crippen LogP contribution in [0.25, 0.3) is 11.3 Å². The van der Waals surface area contributed by atoms with E-state index in [4.69, 9.17) is 0 Å². The summed E-state index contributed by atoms with van der Waals surface area (Å²) in [6.07, 6.45) is -3.51. The number of para-hydroxylation sites is 1. The van der Waals surface area contributed by atoms with Gasteiger partial charge >= 0.3 is 6.18 Å². The second-order valence-electron chi connectivity index (χ2n) is 5.41. The molecule has 3 aromatic rings. The number of benzene rings is 2. The number of carbonyl (C=O) groups is 1. The van der Waals surface area contributed by atoms with Gasteiger partial charge in [0.15, 0.2) is 0 Å². The van der Waals surface area contributed by atoms with E-state index >= 15 is 0 Å². The van der Waals surface area contributed by atoms with E-state index in [0.717, 1.165) is 30.5 Å². The number of halogens is 4. The zero-order valence-corrected chi connectivity index (χ0v) is 13.2. The maximum absolute atomic E-state index is 14.4. The summed E-state index contributed by atoms with van der Waals surface area (Å²) in [5, 5.41) is 2.58. The second kappa shape index (κ2) is 6.95. The summed E-state index contributed by atoms with van der Waals surface area (Å²) in [6.45, 7) is 0. The van der Waals surface area contributed by atoms with E-state index in [2.05, 4.69) is 10.3 Å². The van der Waals surface area contributed by atoms with Gasteiger partial charge in [0.2, 0.25) is 0 Å². The van der Waals surface area contributed by atoms with Gasteiger partial charge in [-0.2, -0.15) is 13.2 Å². The highest BCUT2D eigenvalue weighted by Crippen LogP contribution is 2.36. The molecular formula is C19H12F4N2O. The molecule has 3 rings (SSSR count). The fraction of sp³-hybridized carbons (Fsp3) is 0.0526. The van der Waals surface area contributed by atoms with E-state index in [0.29, 0.717) is 5.69 Å². The number of aromatic nitrogens is 1. The fourth-order valence-corrected chi connectivity index (χ4v) is 2.42. The van der Waals surface area contributed by atoms with Crippen LogP contribution in [0.3, 0.4) is 0 Å². The van der Waals surface area contributed by atoms with Crippen LogP contribution >= 0.6 is 0 Å². The number of anilines is 1. The lowest BCUT2D eigenvalue weighted by molar-refractivity contribution is -0.137. The van der Waals surface area contributed by atoms with Gasteiger partial charge < -0.3 is 5.32 Å². The van der Waals surface area contributed by atoms with Gasteiger partial charge in [0.25, 0.3) is 5.91 Å². The maximum Gasteiger partial charge on any atom is 0.418 e. The molecule has 0 spiro atoms. The van der Waals surface area contributed by atoms with Crippen LogP contribution in [0.2, 0.25) is 0 Å². The number of carbonyl (C=O) groups excluding carboxylic acids is 1. The van der Waals surface area contributed by atoms with Crippen molar-refractivity contribution < 1.29 is 22.4 Å². The van der Waals surface area contributed by atoms with E-state index in [9.17, 15) is 22.4 Å². The third-order valence-electron chi connectivity index (χ3n) is 3.63. The summed E-state index contributed by atoms with van der Waals surface area (Å²) in [7, 11) is 0. The topological polar surface area (TPSA) is 42.0 Å². The molecule has 0 unspecified atom stereocenters. The lowest BCUT2D eigenvalue weighted by Crippen LogP contribution is -2.13. The van der Waals surface area contributed by atoms with Crippen LogP contribution in [0, 0.1) is 5.82 Å². The van der Waals surface area contributed by atoms with Gasteiger partial charge in [-0.25, -0.2) is 4.39 Å². The lowest BCUT2D eigenvalue weighted by atomic mass is 10.0. The predicted octanol–water partition coefficient (Wildman–Crippen LogP) is 5.16. The molecule has 0 fully saturated rings. The van der Waals surface area contributed by atoms with Crippen molar-refractivity contribution in [2.45, 2.75) is 6.18 Å². The number of amides is 1. The van der Waals surface area contributed by atoms with Gasteiger partial charge in [-0.1, -0.05) is 18.2 Å². The quantitative estimate of drug-likeness (QED) is 0.656. The number of nitrogens with zero attached hydrogens (tertiary/aromatic N) is 1. The Hall–Kier alpha value is -3.22. The molecule has 0 saturated carbocycles. The number of alkyl halides is 3. The summed E-state index contributed by atoms with van der Waals surface area (Å²) >= 11 is 0. The highest BCUT2D eigenvalue weighted by atomic mass is 19.4. The monoisotopic (exact) mass is 360 g/mol. The van der Waals surface area contributed by atoms with Gasteiger partial charge in [-0.15, -0.1) is 0 Å². The second-order valence-corrected chi connectivity index (χ2v) is 5.41. The van der Waals surface area contributed by atoms with E-state index in [-0.39, 0.29) is 11.1 Å². The van der Waals surface area contributed by atoms with Crippen molar-refractivity contribution in [3.63, 3.8) is 0 Å². The number of hydrogen-bond acceptors (Lipinski definition) is 2. The molecule has 0 aliphatic carbocycles. The predicted molar refractivity (Wildman–Crippen MR) is 89.0 cm³/mol. The fourth-order valence-electron chi connectivity index (χ4n) is 2.42. The Balaban J connectivity index is 1.93. The first-order chi connectivity index (χ1) is 12.4. The summed E-state index contributed by atoms with van der Waals surface area (Å²) in [5.41, 5.74) is -1.38. The van der Waals surface area contributed by atoms with Crippen molar-refractivity contribution in [3.05, 3.63) is 83.8 Å². The van der Waals surface area contributed by atoms with E-state index in [1.54, 1.807) is 30.3 Å². The van der Waals surface area contributed by atoms with Crippen molar-refractivity contribution in [3.8, 4) is 11.3 Å². The lowest BCUT2D eigenvalue weighted by Gasteiger charge is -2.13. The largest absolute Gasteiger partial charge is 0.418 e. The number of rotatable bonds is 3. The molecule has 1 N–H and O–H groups in total. The molecule has 132 valence electrons. The molecule has 0 atom stereocenters. The highest BCUT2D eigenvalue weighted by Gasteiger charge is 2.34. The van der Waals surface area contributed by atoms with Crippen LogP contribution < -0.4 is 5.32 Å². The van der Waals surface area contributed by atoms with Crippen molar-refractivity contribution in [1.29, 1.82) is 0 Å². The van der Waals surface area contributed by atoms with Crippen LogP contribution in [0.15, 0.2) is 66.9 Å². The standard InChI is InChI=1S/C19H12F4N2O/c20-16-11-12(18(26)25-13-5-2-1-3-6-13)8-9-14(16)17-15(19(21,22)23)7-4-10-24-17/h1-11H,(H,25,26). The summed E-state index contributed by atoms with van der Waals surface area (Å²) < 4.78 is 53.7. The van der Waals surface area contributed by atoms with Crippen molar-refractivity contribution in [2.24, 2.45) is 0 Å². The van der Waals surface area contributed by atoms with Gasteiger partial charge in [-0.05, 0) is 42.5 Å². The molecule has 2 aromatic carbocycles. The molecule has 26 heavy (non-hydrogen) atoms. The summed E-state index contributed by atoms with van der Waals surface area (Å²) in [4.78, 5) is 15.8. The Bertz CT molecular complexity index is 940. The first-order valence-corrected chi connectivity index (χ1v) is 7.55. The van der Waals surface area contributed by atoms with Gasteiger partial charge in [0, 0.05) is 23.0 Å². The first kappa shape index (κ1) is 17.6. The Morgan fingerprint density at radius 1 is 0.962 bits per heavy atom. The van der Waals surface area contributed by atoms with Crippen LogP contribution in [0.4, 0.5) is 23.2 Å². The molecule has 0 saturated heterocycles. The normalized spacial score (nSPS) is 11.2. The van der Waals surface area contributed by atoms with Crippen molar-refractivity contribution in [2.75, 3.05) is 5.32 Å². The average Bonchev–Trinajstić information content (AvgIpc) is 2.62. The molecule has 0 radical (unpaired) electrons. The van der Waals surface area contributed by atoms with Gasteiger partial charge in [-0.3, -0.25) is 9.78 Å². The van der Waals surface area contributed by atoms with Crippen LogP contribution in [0.5, 0.6) is 0 Å². The van der Waals surface area contributed by atoms with E-state index in [1.165, 1.54) is 6.07 Å².